The predicted octanol–water partition coefficient (Wildman–Crippen LogP) is 7.98. The maximum atomic E-state index is 12.5. The fourth-order valence-corrected chi connectivity index (χ4v) is 5.29. The van der Waals surface area contributed by atoms with Crippen LogP contribution in [0.3, 0.4) is 0 Å². The van der Waals surface area contributed by atoms with Gasteiger partial charge in [-0.05, 0) is 57.1 Å². The number of carbonyl (C=O) groups is 1. The first-order chi connectivity index (χ1) is 14.2. The summed E-state index contributed by atoms with van der Waals surface area (Å²) in [7, 11) is 0. The molecule has 0 fully saturated rings. The number of rotatable bonds is 15. The third-order valence-electron chi connectivity index (χ3n) is 6.01. The Labute approximate surface area is 183 Å². The number of hydrogen-bond donors (Lipinski definition) is 0. The van der Waals surface area contributed by atoms with Gasteiger partial charge >= 0.3 is 0 Å². The van der Waals surface area contributed by atoms with Gasteiger partial charge in [-0.15, -0.1) is 11.3 Å². The van der Waals surface area contributed by atoms with Gasteiger partial charge in [0.05, 0.1) is 6.54 Å². The van der Waals surface area contributed by atoms with Gasteiger partial charge in [0.1, 0.15) is 0 Å². The molecule has 1 aliphatic heterocycles. The average Bonchev–Trinajstić information content (AvgIpc) is 3.09. The predicted molar refractivity (Wildman–Crippen MR) is 128 cm³/mol. The van der Waals surface area contributed by atoms with Gasteiger partial charge in [-0.3, -0.25) is 4.79 Å². The summed E-state index contributed by atoms with van der Waals surface area (Å²) in [5.41, 5.74) is 1.47. The third-order valence-corrected chi connectivity index (χ3v) is 7.09. The molecule has 2 nitrogen and oxygen atoms in total. The molecule has 2 rings (SSSR count). The SMILES string of the molecule is CCCCCCCC/C=C\CCCCCCCC(=O)N1CCc2cc(C)sc2C1. The van der Waals surface area contributed by atoms with Crippen LogP contribution in [0.5, 0.6) is 0 Å². The van der Waals surface area contributed by atoms with Crippen LogP contribution in [-0.4, -0.2) is 17.4 Å². The maximum Gasteiger partial charge on any atom is 0.222 e. The van der Waals surface area contributed by atoms with E-state index in [4.69, 9.17) is 0 Å². The lowest BCUT2D eigenvalue weighted by Gasteiger charge is -2.27. The highest BCUT2D eigenvalue weighted by atomic mass is 32.1. The minimum absolute atomic E-state index is 0.360. The molecule has 29 heavy (non-hydrogen) atoms. The summed E-state index contributed by atoms with van der Waals surface area (Å²) in [4.78, 5) is 17.3. The molecule has 1 aliphatic rings. The van der Waals surface area contributed by atoms with Crippen LogP contribution < -0.4 is 0 Å². The number of amides is 1. The Bertz CT molecular complexity index is 604. The number of fused-ring (bicyclic) bond motifs is 1. The van der Waals surface area contributed by atoms with Gasteiger partial charge in [0.2, 0.25) is 5.91 Å². The minimum atomic E-state index is 0.360. The van der Waals surface area contributed by atoms with Gasteiger partial charge in [-0.1, -0.05) is 70.4 Å². The van der Waals surface area contributed by atoms with E-state index < -0.39 is 0 Å². The van der Waals surface area contributed by atoms with Crippen molar-refractivity contribution in [3.63, 3.8) is 0 Å². The van der Waals surface area contributed by atoms with Crippen molar-refractivity contribution < 1.29 is 4.79 Å². The summed E-state index contributed by atoms with van der Waals surface area (Å²) in [6.07, 6.45) is 23.5. The van der Waals surface area contributed by atoms with Gasteiger partial charge < -0.3 is 4.90 Å². The number of aryl methyl sites for hydroxylation is 1. The smallest absolute Gasteiger partial charge is 0.222 e. The first-order valence-electron chi connectivity index (χ1n) is 12.2. The molecule has 0 spiro atoms. The fourth-order valence-electron chi connectivity index (χ4n) is 4.19. The van der Waals surface area contributed by atoms with Crippen molar-refractivity contribution >= 4 is 17.2 Å². The van der Waals surface area contributed by atoms with E-state index in [0.717, 1.165) is 32.4 Å². The topological polar surface area (TPSA) is 20.3 Å². The van der Waals surface area contributed by atoms with E-state index in [1.807, 2.05) is 11.3 Å². The van der Waals surface area contributed by atoms with Crippen LogP contribution in [0.1, 0.15) is 112 Å². The Morgan fingerprint density at radius 3 is 2.28 bits per heavy atom. The highest BCUT2D eigenvalue weighted by Crippen LogP contribution is 2.28. The van der Waals surface area contributed by atoms with E-state index in [1.54, 1.807) is 0 Å². The van der Waals surface area contributed by atoms with Crippen LogP contribution in [0, 0.1) is 6.92 Å². The second-order valence-electron chi connectivity index (χ2n) is 8.71. The Morgan fingerprint density at radius 2 is 1.59 bits per heavy atom. The number of unbranched alkanes of at least 4 members (excludes halogenated alkanes) is 11. The highest BCUT2D eigenvalue weighted by molar-refractivity contribution is 7.12. The Balaban J connectivity index is 1.40. The van der Waals surface area contributed by atoms with Crippen molar-refractivity contribution in [1.29, 1.82) is 0 Å². The minimum Gasteiger partial charge on any atom is -0.337 e. The van der Waals surface area contributed by atoms with Crippen molar-refractivity contribution in [2.45, 2.75) is 117 Å². The van der Waals surface area contributed by atoms with Crippen LogP contribution in [0.2, 0.25) is 0 Å². The first kappa shape index (κ1) is 24.2. The van der Waals surface area contributed by atoms with Crippen LogP contribution in [0.25, 0.3) is 0 Å². The lowest BCUT2D eigenvalue weighted by molar-refractivity contribution is -0.132. The van der Waals surface area contributed by atoms with Crippen molar-refractivity contribution in [2.75, 3.05) is 6.54 Å². The molecule has 3 heteroatoms. The van der Waals surface area contributed by atoms with Gasteiger partial charge in [-0.25, -0.2) is 0 Å². The molecule has 0 saturated heterocycles. The molecule has 0 radical (unpaired) electrons. The third kappa shape index (κ3) is 9.98. The normalized spacial score (nSPS) is 13.9. The Morgan fingerprint density at radius 1 is 0.966 bits per heavy atom. The molecule has 0 N–H and O–H groups in total. The standard InChI is InChI=1S/C26H43NOS/c1-3-4-5-6-7-8-9-10-11-12-13-14-15-16-17-18-26(28)27-20-19-24-21-23(2)29-25(24)22-27/h10-11,21H,3-9,12-20,22H2,1-2H3/b11-10-. The summed E-state index contributed by atoms with van der Waals surface area (Å²) < 4.78 is 0. The molecule has 0 saturated carbocycles. The van der Waals surface area contributed by atoms with E-state index in [1.165, 1.54) is 92.4 Å². The summed E-state index contributed by atoms with van der Waals surface area (Å²) >= 11 is 1.86. The molecular weight excluding hydrogens is 374 g/mol. The molecule has 0 aliphatic carbocycles. The van der Waals surface area contributed by atoms with Crippen molar-refractivity contribution in [1.82, 2.24) is 4.90 Å². The van der Waals surface area contributed by atoms with Crippen LogP contribution in [-0.2, 0) is 17.8 Å². The average molecular weight is 418 g/mol. The van der Waals surface area contributed by atoms with E-state index in [2.05, 4.69) is 37.0 Å². The number of thiophene rings is 1. The van der Waals surface area contributed by atoms with Gasteiger partial charge in [-0.2, -0.15) is 0 Å². The van der Waals surface area contributed by atoms with E-state index in [9.17, 15) is 4.79 Å². The van der Waals surface area contributed by atoms with Gasteiger partial charge in [0, 0.05) is 22.7 Å². The molecule has 1 amide bonds. The summed E-state index contributed by atoms with van der Waals surface area (Å²) in [6.45, 7) is 6.20. The zero-order chi connectivity index (χ0) is 20.7. The first-order valence-corrected chi connectivity index (χ1v) is 13.0. The number of hydrogen-bond acceptors (Lipinski definition) is 2. The van der Waals surface area contributed by atoms with Crippen LogP contribution in [0.4, 0.5) is 0 Å². The fraction of sp³-hybridized carbons (Fsp3) is 0.731. The van der Waals surface area contributed by atoms with Gasteiger partial charge in [0.15, 0.2) is 0 Å². The molecule has 1 aromatic rings. The van der Waals surface area contributed by atoms with E-state index in [-0.39, 0.29) is 0 Å². The second kappa shape index (κ2) is 14.8. The molecule has 2 heterocycles. The lowest BCUT2D eigenvalue weighted by atomic mass is 10.1. The molecule has 0 atom stereocenters. The number of carbonyl (C=O) groups excluding carboxylic acids is 1. The van der Waals surface area contributed by atoms with Crippen LogP contribution in [0.15, 0.2) is 18.2 Å². The summed E-state index contributed by atoms with van der Waals surface area (Å²) in [6, 6.07) is 2.30. The zero-order valence-corrected chi connectivity index (χ0v) is 19.8. The molecule has 0 aromatic carbocycles. The van der Waals surface area contributed by atoms with E-state index >= 15 is 0 Å². The lowest BCUT2D eigenvalue weighted by Crippen LogP contribution is -2.35. The second-order valence-corrected chi connectivity index (χ2v) is 10.0. The van der Waals surface area contributed by atoms with E-state index in [0.29, 0.717) is 5.91 Å². The molecular formula is C26H43NOS. The summed E-state index contributed by atoms with van der Waals surface area (Å²) in [5, 5.41) is 0. The quantitative estimate of drug-likeness (QED) is 0.209. The van der Waals surface area contributed by atoms with Crippen molar-refractivity contribution in [3.8, 4) is 0 Å². The maximum absolute atomic E-state index is 12.5. The van der Waals surface area contributed by atoms with Gasteiger partial charge in [0.25, 0.3) is 0 Å². The number of allylic oxidation sites excluding steroid dienone is 2. The molecule has 1 aromatic heterocycles. The van der Waals surface area contributed by atoms with Crippen molar-refractivity contribution in [2.24, 2.45) is 0 Å². The molecule has 0 bridgehead atoms. The largest absolute Gasteiger partial charge is 0.337 e. The monoisotopic (exact) mass is 417 g/mol. The highest BCUT2D eigenvalue weighted by Gasteiger charge is 2.21. The van der Waals surface area contributed by atoms with Crippen molar-refractivity contribution in [3.05, 3.63) is 33.5 Å². The Kier molecular flexibility index (Phi) is 12.4. The summed E-state index contributed by atoms with van der Waals surface area (Å²) in [5.74, 6) is 0.360. The molecule has 0 unspecified atom stereocenters. The Hall–Kier alpha value is -1.09. The number of nitrogens with zero attached hydrogens (tertiary/aromatic N) is 1. The molecule has 164 valence electrons. The zero-order valence-electron chi connectivity index (χ0n) is 19.0. The van der Waals surface area contributed by atoms with Crippen LogP contribution >= 0.6 is 11.3 Å².